The van der Waals surface area contributed by atoms with E-state index in [0.717, 1.165) is 0 Å². The van der Waals surface area contributed by atoms with E-state index in [9.17, 15) is 13.2 Å². The molecule has 0 unspecified atom stereocenters. The van der Waals surface area contributed by atoms with Gasteiger partial charge in [-0.3, -0.25) is 4.79 Å². The predicted molar refractivity (Wildman–Crippen MR) is 110 cm³/mol. The molecule has 8 nitrogen and oxygen atoms in total. The van der Waals surface area contributed by atoms with Gasteiger partial charge in [-0.15, -0.1) is 10.2 Å². The summed E-state index contributed by atoms with van der Waals surface area (Å²) in [5, 5.41) is 8.68. The molecule has 0 radical (unpaired) electrons. The van der Waals surface area contributed by atoms with E-state index < -0.39 is 15.6 Å². The van der Waals surface area contributed by atoms with Crippen molar-refractivity contribution in [3.8, 4) is 11.5 Å². The number of nitrogens with zero attached hydrogens (tertiary/aromatic N) is 4. The highest BCUT2D eigenvalue weighted by molar-refractivity contribution is 7.89. The fourth-order valence-electron chi connectivity index (χ4n) is 2.73. The lowest BCUT2D eigenvalue weighted by molar-refractivity contribution is 0.443. The molecule has 2 heterocycles. The van der Waals surface area contributed by atoms with Crippen molar-refractivity contribution in [1.29, 1.82) is 0 Å². The molecule has 0 atom stereocenters. The second kappa shape index (κ2) is 8.66. The molecule has 1 aromatic carbocycles. The molecule has 0 bridgehead atoms. The summed E-state index contributed by atoms with van der Waals surface area (Å²) in [5.74, 6) is 0.298. The van der Waals surface area contributed by atoms with Crippen LogP contribution in [-0.2, 0) is 16.6 Å². The lowest BCUT2D eigenvalue weighted by Crippen LogP contribution is -2.32. The van der Waals surface area contributed by atoms with E-state index in [1.54, 1.807) is 32.0 Å². The van der Waals surface area contributed by atoms with E-state index in [1.807, 2.05) is 0 Å². The summed E-state index contributed by atoms with van der Waals surface area (Å²) in [6.45, 7) is 4.07. The fourth-order valence-corrected chi connectivity index (χ4v) is 4.70. The summed E-state index contributed by atoms with van der Waals surface area (Å²) in [4.78, 5) is 12.2. The largest absolute Gasteiger partial charge is 0.419 e. The highest BCUT2D eigenvalue weighted by Gasteiger charge is 2.22. The van der Waals surface area contributed by atoms with Gasteiger partial charge in [-0.25, -0.2) is 8.42 Å². The maximum Gasteiger partial charge on any atom is 0.251 e. The normalized spacial score (nSPS) is 11.9. The van der Waals surface area contributed by atoms with E-state index >= 15 is 0 Å². The van der Waals surface area contributed by atoms with Crippen LogP contribution in [0.3, 0.4) is 0 Å². The summed E-state index contributed by atoms with van der Waals surface area (Å²) in [7, 11) is -3.70. The van der Waals surface area contributed by atoms with Gasteiger partial charge < -0.3 is 8.98 Å². The standard InChI is InChI=1S/C18H18Cl2N4O4S/c1-3-24(4-2)29(26,27)13-6-8-17(25)23(10-13)11-16-21-22-18(28-16)14-7-5-12(19)9-15(14)20/h5-10H,3-4,11H2,1-2H3. The first-order valence-electron chi connectivity index (χ1n) is 8.74. The van der Waals surface area contributed by atoms with Crippen LogP contribution in [0.4, 0.5) is 0 Å². The predicted octanol–water partition coefficient (Wildman–Crippen LogP) is 3.28. The maximum absolute atomic E-state index is 12.7. The molecule has 2 aromatic heterocycles. The van der Waals surface area contributed by atoms with E-state index in [-0.39, 0.29) is 23.2 Å². The molecule has 11 heteroatoms. The molecule has 0 aliphatic heterocycles. The van der Waals surface area contributed by atoms with Crippen LogP contribution >= 0.6 is 23.2 Å². The number of benzene rings is 1. The molecule has 154 valence electrons. The molecule has 0 spiro atoms. The molecule has 0 amide bonds. The minimum Gasteiger partial charge on any atom is -0.419 e. The van der Waals surface area contributed by atoms with Gasteiger partial charge in [0.1, 0.15) is 6.54 Å². The molecule has 3 aromatic rings. The first-order valence-corrected chi connectivity index (χ1v) is 10.9. The van der Waals surface area contributed by atoms with Gasteiger partial charge in [0.15, 0.2) is 0 Å². The molecule has 0 N–H and O–H groups in total. The van der Waals surface area contributed by atoms with Gasteiger partial charge in [-0.1, -0.05) is 37.0 Å². The Morgan fingerprint density at radius 3 is 2.48 bits per heavy atom. The van der Waals surface area contributed by atoms with Gasteiger partial charge in [0, 0.05) is 30.4 Å². The molecule has 3 rings (SSSR count). The lowest BCUT2D eigenvalue weighted by Gasteiger charge is -2.18. The van der Waals surface area contributed by atoms with Crippen molar-refractivity contribution < 1.29 is 12.8 Å². The second-order valence-electron chi connectivity index (χ2n) is 6.05. The summed E-state index contributed by atoms with van der Waals surface area (Å²) in [6, 6.07) is 7.32. The molecule has 0 saturated heterocycles. The average molecular weight is 457 g/mol. The van der Waals surface area contributed by atoms with Gasteiger partial charge in [0.25, 0.3) is 5.56 Å². The minimum atomic E-state index is -3.70. The van der Waals surface area contributed by atoms with Crippen LogP contribution in [0, 0.1) is 0 Å². The molecular formula is C18H18Cl2N4O4S. The number of pyridine rings is 1. The number of halogens is 2. The first kappa shape index (κ1) is 21.5. The topological polar surface area (TPSA) is 98.3 Å². The second-order valence-corrected chi connectivity index (χ2v) is 8.83. The molecule has 0 aliphatic carbocycles. The monoisotopic (exact) mass is 456 g/mol. The summed E-state index contributed by atoms with van der Waals surface area (Å²) in [6.07, 6.45) is 1.27. The van der Waals surface area contributed by atoms with Gasteiger partial charge >= 0.3 is 0 Å². The van der Waals surface area contributed by atoms with Crippen molar-refractivity contribution in [2.45, 2.75) is 25.3 Å². The quantitative estimate of drug-likeness (QED) is 0.540. The Morgan fingerprint density at radius 1 is 1.10 bits per heavy atom. The van der Waals surface area contributed by atoms with Crippen LogP contribution in [0.1, 0.15) is 19.7 Å². The molecular weight excluding hydrogens is 439 g/mol. The zero-order valence-electron chi connectivity index (χ0n) is 15.7. The van der Waals surface area contributed by atoms with E-state index in [1.165, 1.54) is 27.2 Å². The van der Waals surface area contributed by atoms with Gasteiger partial charge in [0.2, 0.25) is 21.8 Å². The van der Waals surface area contributed by atoms with Crippen LogP contribution in [-0.4, -0.2) is 40.6 Å². The molecule has 29 heavy (non-hydrogen) atoms. The zero-order valence-corrected chi connectivity index (χ0v) is 18.0. The Balaban J connectivity index is 1.92. The first-order chi connectivity index (χ1) is 13.8. The van der Waals surface area contributed by atoms with Crippen molar-refractivity contribution in [2.24, 2.45) is 0 Å². The zero-order chi connectivity index (χ0) is 21.2. The van der Waals surface area contributed by atoms with Crippen LogP contribution in [0.5, 0.6) is 0 Å². The van der Waals surface area contributed by atoms with Crippen LogP contribution in [0.15, 0.2) is 50.6 Å². The SMILES string of the molecule is CCN(CC)S(=O)(=O)c1ccc(=O)n(Cc2nnc(-c3ccc(Cl)cc3Cl)o2)c1. The maximum atomic E-state index is 12.7. The third-order valence-electron chi connectivity index (χ3n) is 4.23. The van der Waals surface area contributed by atoms with Gasteiger partial charge in [-0.2, -0.15) is 4.31 Å². The number of sulfonamides is 1. The third-order valence-corrected chi connectivity index (χ3v) is 6.81. The Kier molecular flexibility index (Phi) is 6.42. The summed E-state index contributed by atoms with van der Waals surface area (Å²) >= 11 is 12.0. The number of hydrogen-bond donors (Lipinski definition) is 0. The number of aromatic nitrogens is 3. The van der Waals surface area contributed by atoms with Crippen molar-refractivity contribution >= 4 is 33.2 Å². The highest BCUT2D eigenvalue weighted by Crippen LogP contribution is 2.29. The molecule has 0 aliphatic rings. The van der Waals surface area contributed by atoms with Gasteiger partial charge in [-0.05, 0) is 24.3 Å². The Bertz CT molecular complexity index is 1190. The molecule has 0 saturated carbocycles. The number of hydrogen-bond acceptors (Lipinski definition) is 6. The smallest absolute Gasteiger partial charge is 0.251 e. The molecule has 0 fully saturated rings. The van der Waals surface area contributed by atoms with E-state index in [0.29, 0.717) is 28.7 Å². The lowest BCUT2D eigenvalue weighted by atomic mass is 10.2. The summed E-state index contributed by atoms with van der Waals surface area (Å²) in [5.41, 5.74) is 0.104. The third kappa shape index (κ3) is 4.53. The van der Waals surface area contributed by atoms with Crippen LogP contribution in [0.2, 0.25) is 10.0 Å². The number of rotatable bonds is 7. The van der Waals surface area contributed by atoms with Crippen LogP contribution in [0.25, 0.3) is 11.5 Å². The Hall–Kier alpha value is -2.20. The van der Waals surface area contributed by atoms with Gasteiger partial charge in [0.05, 0.1) is 15.5 Å². The van der Waals surface area contributed by atoms with Crippen molar-refractivity contribution in [1.82, 2.24) is 19.1 Å². The summed E-state index contributed by atoms with van der Waals surface area (Å²) < 4.78 is 33.5. The average Bonchev–Trinajstić information content (AvgIpc) is 3.12. The Labute approximate surface area is 177 Å². The minimum absolute atomic E-state index is 0.0151. The van der Waals surface area contributed by atoms with Crippen LogP contribution < -0.4 is 5.56 Å². The van der Waals surface area contributed by atoms with Crippen molar-refractivity contribution in [3.05, 3.63) is 62.8 Å². The van der Waals surface area contributed by atoms with Crippen molar-refractivity contribution in [2.75, 3.05) is 13.1 Å². The van der Waals surface area contributed by atoms with E-state index in [4.69, 9.17) is 27.6 Å². The highest BCUT2D eigenvalue weighted by atomic mass is 35.5. The Morgan fingerprint density at radius 2 is 1.83 bits per heavy atom. The fraction of sp³-hybridized carbons (Fsp3) is 0.278. The van der Waals surface area contributed by atoms with Crippen molar-refractivity contribution in [3.63, 3.8) is 0 Å². The van der Waals surface area contributed by atoms with E-state index in [2.05, 4.69) is 10.2 Å².